The first-order valence-corrected chi connectivity index (χ1v) is 7.13. The molecule has 0 spiro atoms. The summed E-state index contributed by atoms with van der Waals surface area (Å²) in [5.74, 6) is 0. The largest absolute Gasteiger partial charge is 0.391 e. The van der Waals surface area contributed by atoms with Gasteiger partial charge >= 0.3 is 0 Å². The van der Waals surface area contributed by atoms with E-state index >= 15 is 0 Å². The lowest BCUT2D eigenvalue weighted by atomic mass is 9.92. The van der Waals surface area contributed by atoms with E-state index in [2.05, 4.69) is 26.3 Å². The summed E-state index contributed by atoms with van der Waals surface area (Å²) in [6, 6.07) is 0.00808. The molecule has 1 saturated carbocycles. The Morgan fingerprint density at radius 2 is 2.28 bits per heavy atom. The number of aryl methyl sites for hydroxylation is 1. The monoisotopic (exact) mass is 315 g/mol. The molecule has 5 nitrogen and oxygen atoms in total. The SMILES string of the molecule is CCn1ncc(NC2CCCCC2O)c(Br)c1=O. The minimum atomic E-state index is -0.348. The summed E-state index contributed by atoms with van der Waals surface area (Å²) in [7, 11) is 0. The van der Waals surface area contributed by atoms with Gasteiger partial charge in [-0.15, -0.1) is 0 Å². The first-order valence-electron chi connectivity index (χ1n) is 6.33. The number of halogens is 1. The highest BCUT2D eigenvalue weighted by Gasteiger charge is 2.23. The number of aliphatic hydroxyl groups excluding tert-OH is 1. The Hall–Kier alpha value is -0.880. The Kier molecular flexibility index (Phi) is 4.40. The average molecular weight is 316 g/mol. The molecule has 2 N–H and O–H groups in total. The Morgan fingerprint density at radius 1 is 1.56 bits per heavy atom. The van der Waals surface area contributed by atoms with Gasteiger partial charge in [0.05, 0.1) is 24.0 Å². The van der Waals surface area contributed by atoms with Crippen LogP contribution in [0.5, 0.6) is 0 Å². The second-order valence-corrected chi connectivity index (χ2v) is 5.39. The molecule has 1 fully saturated rings. The Labute approximate surface area is 114 Å². The van der Waals surface area contributed by atoms with Gasteiger partial charge in [-0.1, -0.05) is 12.8 Å². The highest BCUT2D eigenvalue weighted by Crippen LogP contribution is 2.24. The van der Waals surface area contributed by atoms with Gasteiger partial charge in [-0.3, -0.25) is 4.79 Å². The molecule has 2 unspecified atom stereocenters. The maximum atomic E-state index is 11.9. The predicted octanol–water partition coefficient (Wildman–Crippen LogP) is 1.74. The van der Waals surface area contributed by atoms with Crippen molar-refractivity contribution in [3.05, 3.63) is 21.0 Å². The van der Waals surface area contributed by atoms with E-state index in [9.17, 15) is 9.90 Å². The van der Waals surface area contributed by atoms with Crippen molar-refractivity contribution < 1.29 is 5.11 Å². The van der Waals surface area contributed by atoms with E-state index in [0.717, 1.165) is 25.7 Å². The number of hydrogen-bond donors (Lipinski definition) is 2. The highest BCUT2D eigenvalue weighted by atomic mass is 79.9. The predicted molar refractivity (Wildman–Crippen MR) is 73.8 cm³/mol. The van der Waals surface area contributed by atoms with Crippen LogP contribution in [0.2, 0.25) is 0 Å². The van der Waals surface area contributed by atoms with Crippen molar-refractivity contribution in [1.82, 2.24) is 9.78 Å². The van der Waals surface area contributed by atoms with Crippen molar-refractivity contribution in [2.45, 2.75) is 51.3 Å². The van der Waals surface area contributed by atoms with Crippen molar-refractivity contribution in [3.63, 3.8) is 0 Å². The van der Waals surface area contributed by atoms with Crippen LogP contribution in [0.15, 0.2) is 15.5 Å². The second kappa shape index (κ2) is 5.84. The number of nitrogens with one attached hydrogen (secondary N) is 1. The summed E-state index contributed by atoms with van der Waals surface area (Å²) in [5.41, 5.74) is 0.517. The average Bonchev–Trinajstić information content (AvgIpc) is 2.38. The van der Waals surface area contributed by atoms with Crippen LogP contribution in [-0.2, 0) is 6.54 Å². The molecule has 0 bridgehead atoms. The molecular weight excluding hydrogens is 298 g/mol. The van der Waals surface area contributed by atoms with Gasteiger partial charge in [0.25, 0.3) is 5.56 Å². The van der Waals surface area contributed by atoms with E-state index in [-0.39, 0.29) is 17.7 Å². The lowest BCUT2D eigenvalue weighted by Crippen LogP contribution is -2.37. The van der Waals surface area contributed by atoms with Gasteiger partial charge in [-0.25, -0.2) is 4.68 Å². The van der Waals surface area contributed by atoms with Gasteiger partial charge in [0.15, 0.2) is 0 Å². The third-order valence-corrected chi connectivity index (χ3v) is 4.12. The van der Waals surface area contributed by atoms with Gasteiger partial charge in [0.1, 0.15) is 4.47 Å². The van der Waals surface area contributed by atoms with E-state index in [4.69, 9.17) is 0 Å². The van der Waals surface area contributed by atoms with Crippen molar-refractivity contribution >= 4 is 21.6 Å². The van der Waals surface area contributed by atoms with Crippen molar-refractivity contribution in [3.8, 4) is 0 Å². The lowest BCUT2D eigenvalue weighted by molar-refractivity contribution is 0.116. The number of nitrogens with zero attached hydrogens (tertiary/aromatic N) is 2. The Balaban J connectivity index is 2.19. The first-order chi connectivity index (χ1) is 8.63. The third-order valence-electron chi connectivity index (χ3n) is 3.35. The van der Waals surface area contributed by atoms with Gasteiger partial charge in [-0.2, -0.15) is 5.10 Å². The molecule has 2 rings (SSSR count). The molecule has 1 heterocycles. The van der Waals surface area contributed by atoms with Crippen molar-refractivity contribution in [1.29, 1.82) is 0 Å². The van der Waals surface area contributed by atoms with E-state index < -0.39 is 0 Å². The van der Waals surface area contributed by atoms with Crippen LogP contribution in [0.1, 0.15) is 32.6 Å². The van der Waals surface area contributed by atoms with Gasteiger partial charge in [-0.05, 0) is 35.7 Å². The van der Waals surface area contributed by atoms with Crippen molar-refractivity contribution in [2.75, 3.05) is 5.32 Å². The molecule has 1 aromatic heterocycles. The third kappa shape index (κ3) is 2.75. The molecule has 18 heavy (non-hydrogen) atoms. The summed E-state index contributed by atoms with van der Waals surface area (Å²) < 4.78 is 1.88. The topological polar surface area (TPSA) is 67.2 Å². The smallest absolute Gasteiger partial charge is 0.283 e. The Morgan fingerprint density at radius 3 is 2.94 bits per heavy atom. The molecule has 1 aliphatic rings. The fourth-order valence-electron chi connectivity index (χ4n) is 2.27. The van der Waals surface area contributed by atoms with Crippen LogP contribution in [-0.4, -0.2) is 27.0 Å². The minimum absolute atomic E-state index is 0.00808. The number of hydrogen-bond acceptors (Lipinski definition) is 4. The van der Waals surface area contributed by atoms with E-state index in [1.165, 1.54) is 4.68 Å². The summed E-state index contributed by atoms with van der Waals surface area (Å²) in [6.45, 7) is 2.42. The van der Waals surface area contributed by atoms with Crippen LogP contribution in [0.3, 0.4) is 0 Å². The molecule has 0 aromatic carbocycles. The van der Waals surface area contributed by atoms with Crippen molar-refractivity contribution in [2.24, 2.45) is 0 Å². The first kappa shape index (κ1) is 13.5. The number of aliphatic hydroxyl groups is 1. The molecular formula is C12H18BrN3O2. The molecule has 0 saturated heterocycles. The molecule has 0 aliphatic heterocycles. The summed E-state index contributed by atoms with van der Waals surface area (Å²) >= 11 is 3.30. The fraction of sp³-hybridized carbons (Fsp3) is 0.667. The van der Waals surface area contributed by atoms with E-state index in [1.54, 1.807) is 6.20 Å². The maximum absolute atomic E-state index is 11.9. The lowest BCUT2D eigenvalue weighted by Gasteiger charge is -2.29. The maximum Gasteiger partial charge on any atom is 0.283 e. The summed E-state index contributed by atoms with van der Waals surface area (Å²) in [4.78, 5) is 11.9. The fourth-order valence-corrected chi connectivity index (χ4v) is 2.69. The van der Waals surface area contributed by atoms with Crippen LogP contribution in [0, 0.1) is 0 Å². The number of aromatic nitrogens is 2. The van der Waals surface area contributed by atoms with E-state index in [0.29, 0.717) is 16.7 Å². The zero-order chi connectivity index (χ0) is 13.1. The second-order valence-electron chi connectivity index (χ2n) is 4.60. The quantitative estimate of drug-likeness (QED) is 0.891. The molecule has 2 atom stereocenters. The molecule has 6 heteroatoms. The van der Waals surface area contributed by atoms with Gasteiger partial charge in [0.2, 0.25) is 0 Å². The van der Waals surface area contributed by atoms with Gasteiger partial charge in [0, 0.05) is 6.54 Å². The molecule has 0 radical (unpaired) electrons. The van der Waals surface area contributed by atoms with Gasteiger partial charge < -0.3 is 10.4 Å². The standard InChI is InChI=1S/C12H18BrN3O2/c1-2-16-12(18)11(13)9(7-14-16)15-8-5-3-4-6-10(8)17/h7-8,10,15,17H,2-6H2,1H3. The Bertz CT molecular complexity index is 475. The van der Waals surface area contributed by atoms with Crippen LogP contribution in [0.4, 0.5) is 5.69 Å². The van der Waals surface area contributed by atoms with Crippen LogP contribution >= 0.6 is 15.9 Å². The summed E-state index contributed by atoms with van der Waals surface area (Å²) in [5, 5.41) is 17.2. The van der Waals surface area contributed by atoms with Crippen LogP contribution < -0.4 is 10.9 Å². The highest BCUT2D eigenvalue weighted by molar-refractivity contribution is 9.10. The zero-order valence-corrected chi connectivity index (χ0v) is 12.0. The normalized spacial score (nSPS) is 23.9. The number of anilines is 1. The zero-order valence-electron chi connectivity index (χ0n) is 10.4. The molecule has 1 aromatic rings. The molecule has 100 valence electrons. The minimum Gasteiger partial charge on any atom is -0.391 e. The van der Waals surface area contributed by atoms with Crippen LogP contribution in [0.25, 0.3) is 0 Å². The molecule has 1 aliphatic carbocycles. The number of rotatable bonds is 3. The molecule has 0 amide bonds. The van der Waals surface area contributed by atoms with E-state index in [1.807, 2.05) is 6.92 Å². The summed E-state index contributed by atoms with van der Waals surface area (Å²) in [6.07, 6.45) is 5.19.